The molecular weight excluding hydrogens is 250 g/mol. The second kappa shape index (κ2) is 5.48. The van der Waals surface area contributed by atoms with Gasteiger partial charge in [0.05, 0.1) is 12.8 Å². The van der Waals surface area contributed by atoms with Gasteiger partial charge in [-0.15, -0.1) is 0 Å². The zero-order valence-corrected chi connectivity index (χ0v) is 11.4. The molecule has 0 radical (unpaired) electrons. The number of ether oxygens (including phenoxy) is 1. The third-order valence-electron chi connectivity index (χ3n) is 3.09. The number of anilines is 2. The van der Waals surface area contributed by atoms with Gasteiger partial charge in [0, 0.05) is 18.8 Å². The molecular formula is C12H17N3O2S. The molecule has 6 heteroatoms. The zero-order chi connectivity index (χ0) is 13.1. The van der Waals surface area contributed by atoms with Crippen LogP contribution in [0.4, 0.5) is 11.5 Å². The van der Waals surface area contributed by atoms with E-state index in [4.69, 9.17) is 5.73 Å². The molecule has 0 saturated carbocycles. The highest BCUT2D eigenvalue weighted by Gasteiger charge is 2.23. The normalized spacial score (nSPS) is 18.7. The third kappa shape index (κ3) is 2.53. The van der Waals surface area contributed by atoms with Crippen LogP contribution in [0.1, 0.15) is 16.9 Å². The molecule has 1 unspecified atom stereocenters. The molecule has 1 saturated heterocycles. The van der Waals surface area contributed by atoms with Crippen LogP contribution in [0.25, 0.3) is 0 Å². The number of nitrogens with zero attached hydrogens (tertiary/aromatic N) is 2. The molecule has 0 aliphatic carbocycles. The van der Waals surface area contributed by atoms with Gasteiger partial charge in [-0.25, -0.2) is 9.78 Å². The predicted molar refractivity (Wildman–Crippen MR) is 74.1 cm³/mol. The van der Waals surface area contributed by atoms with Gasteiger partial charge in [0.25, 0.3) is 0 Å². The van der Waals surface area contributed by atoms with Crippen LogP contribution in [-0.2, 0) is 4.74 Å². The summed E-state index contributed by atoms with van der Waals surface area (Å²) in [5.74, 6) is 2.45. The molecule has 1 aliphatic rings. The molecule has 1 aromatic rings. The molecule has 1 aromatic heterocycles. The molecule has 0 bridgehead atoms. The van der Waals surface area contributed by atoms with E-state index in [-0.39, 0.29) is 0 Å². The number of esters is 1. The van der Waals surface area contributed by atoms with Gasteiger partial charge in [0.2, 0.25) is 0 Å². The molecule has 0 spiro atoms. The second-order valence-electron chi connectivity index (χ2n) is 4.23. The van der Waals surface area contributed by atoms with Crippen LogP contribution in [0.15, 0.2) is 12.1 Å². The maximum absolute atomic E-state index is 11.5. The van der Waals surface area contributed by atoms with Gasteiger partial charge in [-0.05, 0) is 24.3 Å². The molecule has 0 aromatic carbocycles. The van der Waals surface area contributed by atoms with Crippen molar-refractivity contribution in [2.75, 3.05) is 36.3 Å². The molecule has 1 aliphatic heterocycles. The maximum Gasteiger partial charge on any atom is 0.356 e. The van der Waals surface area contributed by atoms with Crippen LogP contribution in [0, 0.1) is 0 Å². The molecule has 1 atom stereocenters. The van der Waals surface area contributed by atoms with Crippen LogP contribution >= 0.6 is 11.8 Å². The Labute approximate surface area is 111 Å². The van der Waals surface area contributed by atoms with Crippen LogP contribution in [0.2, 0.25) is 0 Å². The Morgan fingerprint density at radius 1 is 1.61 bits per heavy atom. The molecule has 5 nitrogen and oxygen atoms in total. The number of pyridine rings is 1. The van der Waals surface area contributed by atoms with Crippen molar-refractivity contribution in [1.82, 2.24) is 4.98 Å². The Balaban J connectivity index is 2.27. The van der Waals surface area contributed by atoms with Crippen LogP contribution in [-0.4, -0.2) is 42.7 Å². The fourth-order valence-electron chi connectivity index (χ4n) is 1.96. The number of nitrogen functional groups attached to an aromatic ring is 1. The monoisotopic (exact) mass is 267 g/mol. The van der Waals surface area contributed by atoms with E-state index in [0.717, 1.165) is 17.9 Å². The SMILES string of the molecule is COC(=O)c1ccc(N)c(N(C)C2CCSC2)n1. The van der Waals surface area contributed by atoms with Crippen molar-refractivity contribution in [3.63, 3.8) is 0 Å². The van der Waals surface area contributed by atoms with Gasteiger partial charge in [-0.2, -0.15) is 11.8 Å². The highest BCUT2D eigenvalue weighted by Crippen LogP contribution is 2.28. The largest absolute Gasteiger partial charge is 0.464 e. The number of aromatic nitrogens is 1. The summed E-state index contributed by atoms with van der Waals surface area (Å²) in [6.45, 7) is 0. The summed E-state index contributed by atoms with van der Waals surface area (Å²) in [5, 5.41) is 0. The maximum atomic E-state index is 11.5. The number of carbonyl (C=O) groups is 1. The van der Waals surface area contributed by atoms with Crippen LogP contribution in [0.3, 0.4) is 0 Å². The Bertz CT molecular complexity index is 447. The predicted octanol–water partition coefficient (Wildman–Crippen LogP) is 1.39. The summed E-state index contributed by atoms with van der Waals surface area (Å²) in [4.78, 5) is 17.8. The number of hydrogen-bond donors (Lipinski definition) is 1. The lowest BCUT2D eigenvalue weighted by Crippen LogP contribution is -2.33. The van der Waals surface area contributed by atoms with E-state index < -0.39 is 5.97 Å². The summed E-state index contributed by atoms with van der Waals surface area (Å²) < 4.78 is 4.67. The molecule has 18 heavy (non-hydrogen) atoms. The number of methoxy groups -OCH3 is 1. The average Bonchev–Trinajstić information content (AvgIpc) is 2.91. The van der Waals surface area contributed by atoms with Gasteiger partial charge >= 0.3 is 5.97 Å². The Kier molecular flexibility index (Phi) is 3.96. The number of hydrogen-bond acceptors (Lipinski definition) is 6. The van der Waals surface area contributed by atoms with Gasteiger partial charge in [0.15, 0.2) is 11.5 Å². The Morgan fingerprint density at radius 3 is 3.00 bits per heavy atom. The topological polar surface area (TPSA) is 68.5 Å². The molecule has 98 valence electrons. The van der Waals surface area contributed by atoms with Crippen LogP contribution < -0.4 is 10.6 Å². The summed E-state index contributed by atoms with van der Waals surface area (Å²) in [7, 11) is 3.31. The first kappa shape index (κ1) is 13.0. The van der Waals surface area contributed by atoms with E-state index in [9.17, 15) is 4.79 Å². The first-order valence-corrected chi connectivity index (χ1v) is 6.94. The zero-order valence-electron chi connectivity index (χ0n) is 10.5. The van der Waals surface area contributed by atoms with E-state index >= 15 is 0 Å². The fraction of sp³-hybridized carbons (Fsp3) is 0.500. The van der Waals surface area contributed by atoms with Crippen molar-refractivity contribution in [1.29, 1.82) is 0 Å². The minimum absolute atomic E-state index is 0.291. The van der Waals surface area contributed by atoms with Gasteiger partial charge in [-0.1, -0.05) is 0 Å². The van der Waals surface area contributed by atoms with Crippen LogP contribution in [0.5, 0.6) is 0 Å². The van der Waals surface area contributed by atoms with E-state index in [1.165, 1.54) is 7.11 Å². The van der Waals surface area contributed by atoms with Crippen molar-refractivity contribution in [2.45, 2.75) is 12.5 Å². The Morgan fingerprint density at radius 2 is 2.39 bits per heavy atom. The third-order valence-corrected chi connectivity index (χ3v) is 4.23. The summed E-state index contributed by atoms with van der Waals surface area (Å²) >= 11 is 1.92. The van der Waals surface area contributed by atoms with Crippen molar-refractivity contribution >= 4 is 29.2 Å². The number of thioether (sulfide) groups is 1. The summed E-state index contributed by atoms with van der Waals surface area (Å²) in [6.07, 6.45) is 1.12. The highest BCUT2D eigenvalue weighted by atomic mass is 32.2. The first-order valence-electron chi connectivity index (χ1n) is 5.79. The fourth-order valence-corrected chi connectivity index (χ4v) is 3.23. The number of nitrogens with two attached hydrogens (primary N) is 1. The lowest BCUT2D eigenvalue weighted by Gasteiger charge is -2.26. The molecule has 2 heterocycles. The van der Waals surface area contributed by atoms with Crippen molar-refractivity contribution < 1.29 is 9.53 Å². The van der Waals surface area contributed by atoms with Crippen molar-refractivity contribution in [2.24, 2.45) is 0 Å². The molecule has 1 fully saturated rings. The minimum atomic E-state index is -0.439. The summed E-state index contributed by atoms with van der Waals surface area (Å²) in [6, 6.07) is 3.72. The lowest BCUT2D eigenvalue weighted by molar-refractivity contribution is 0.0594. The average molecular weight is 267 g/mol. The Hall–Kier alpha value is -1.43. The smallest absolute Gasteiger partial charge is 0.356 e. The number of rotatable bonds is 3. The second-order valence-corrected chi connectivity index (χ2v) is 5.38. The minimum Gasteiger partial charge on any atom is -0.464 e. The van der Waals surface area contributed by atoms with E-state index in [1.807, 2.05) is 18.8 Å². The molecule has 0 amide bonds. The standard InChI is InChI=1S/C12H17N3O2S/c1-15(8-5-6-18-7-8)11-9(13)3-4-10(14-11)12(16)17-2/h3-4,8H,5-7,13H2,1-2H3. The van der Waals surface area contributed by atoms with Gasteiger partial charge in [-0.3, -0.25) is 0 Å². The van der Waals surface area contributed by atoms with E-state index in [0.29, 0.717) is 23.2 Å². The summed E-state index contributed by atoms with van der Waals surface area (Å²) in [5.41, 5.74) is 6.81. The lowest BCUT2D eigenvalue weighted by atomic mass is 10.2. The highest BCUT2D eigenvalue weighted by molar-refractivity contribution is 7.99. The molecule has 2 N–H and O–H groups in total. The first-order chi connectivity index (χ1) is 8.63. The van der Waals surface area contributed by atoms with E-state index in [1.54, 1.807) is 12.1 Å². The van der Waals surface area contributed by atoms with Crippen molar-refractivity contribution in [3.05, 3.63) is 17.8 Å². The number of carbonyl (C=O) groups excluding carboxylic acids is 1. The van der Waals surface area contributed by atoms with Crippen molar-refractivity contribution in [3.8, 4) is 0 Å². The molecule has 2 rings (SSSR count). The van der Waals surface area contributed by atoms with E-state index in [2.05, 4.69) is 14.6 Å². The quantitative estimate of drug-likeness (QED) is 0.835. The van der Waals surface area contributed by atoms with Gasteiger partial charge < -0.3 is 15.4 Å². The van der Waals surface area contributed by atoms with Gasteiger partial charge in [0.1, 0.15) is 0 Å².